The summed E-state index contributed by atoms with van der Waals surface area (Å²) in [5.41, 5.74) is 3.29. The van der Waals surface area contributed by atoms with E-state index >= 15 is 0 Å². The number of amides is 1. The minimum Gasteiger partial charge on any atom is -0.376 e. The lowest BCUT2D eigenvalue weighted by atomic mass is 10.2. The number of aromatic nitrogens is 3. The number of imidazole rings is 1. The van der Waals surface area contributed by atoms with Gasteiger partial charge in [-0.15, -0.1) is 0 Å². The van der Waals surface area contributed by atoms with E-state index in [9.17, 15) is 4.79 Å². The molecule has 6 heteroatoms. The Bertz CT molecular complexity index is 901. The van der Waals surface area contributed by atoms with Crippen molar-refractivity contribution in [1.82, 2.24) is 19.3 Å². The number of fused-ring (bicyclic) bond motifs is 1. The molecule has 4 heterocycles. The largest absolute Gasteiger partial charge is 0.376 e. The molecule has 0 N–H and O–H groups in total. The number of ether oxygens (including phenoxy) is 1. The van der Waals surface area contributed by atoms with Crippen LogP contribution in [0, 0.1) is 6.92 Å². The quantitative estimate of drug-likeness (QED) is 0.710. The van der Waals surface area contributed by atoms with E-state index < -0.39 is 0 Å². The number of carbonyl (C=O) groups excluding carboxylic acids is 1. The predicted octanol–water partition coefficient (Wildman–Crippen LogP) is 2.86. The van der Waals surface area contributed by atoms with Gasteiger partial charge >= 0.3 is 0 Å². The highest BCUT2D eigenvalue weighted by molar-refractivity contribution is 5.94. The van der Waals surface area contributed by atoms with E-state index in [1.54, 1.807) is 6.20 Å². The standard InChI is InChI=1S/C20H22N4O2/c1-15-11-23-12-16(7-8-19(23)22-15)20(25)24(14-18-6-4-10-26-18)13-17-5-2-3-9-21-17/h2-3,5,7-9,11-12,18H,4,6,10,13-14H2,1H3/t18-/m1/s1. The van der Waals surface area contributed by atoms with Gasteiger partial charge in [0.25, 0.3) is 5.91 Å². The van der Waals surface area contributed by atoms with Gasteiger partial charge in [-0.25, -0.2) is 4.98 Å². The van der Waals surface area contributed by atoms with Gasteiger partial charge < -0.3 is 14.0 Å². The molecule has 0 saturated carbocycles. The van der Waals surface area contributed by atoms with E-state index in [1.165, 1.54) is 0 Å². The van der Waals surface area contributed by atoms with Crippen LogP contribution in [-0.4, -0.2) is 44.4 Å². The maximum absolute atomic E-state index is 13.2. The van der Waals surface area contributed by atoms with Crippen molar-refractivity contribution in [3.8, 4) is 0 Å². The van der Waals surface area contributed by atoms with E-state index in [0.717, 1.165) is 36.5 Å². The van der Waals surface area contributed by atoms with Crippen LogP contribution in [0.5, 0.6) is 0 Å². The minimum atomic E-state index is -0.0144. The minimum absolute atomic E-state index is 0.0144. The summed E-state index contributed by atoms with van der Waals surface area (Å²) in [6.07, 6.45) is 7.67. The number of carbonyl (C=O) groups is 1. The van der Waals surface area contributed by atoms with Crippen LogP contribution >= 0.6 is 0 Å². The third-order valence-corrected chi connectivity index (χ3v) is 4.63. The number of pyridine rings is 2. The summed E-state index contributed by atoms with van der Waals surface area (Å²) in [6.45, 7) is 3.77. The van der Waals surface area contributed by atoms with Gasteiger partial charge in [-0.2, -0.15) is 0 Å². The molecule has 0 aliphatic carbocycles. The molecule has 134 valence electrons. The molecule has 0 radical (unpaired) electrons. The lowest BCUT2D eigenvalue weighted by Gasteiger charge is -2.25. The van der Waals surface area contributed by atoms with E-state index in [2.05, 4.69) is 9.97 Å². The monoisotopic (exact) mass is 350 g/mol. The SMILES string of the molecule is Cc1cn2cc(C(=O)N(Cc3ccccn3)C[C@H]3CCCO3)ccc2n1. The van der Waals surface area contributed by atoms with E-state index in [-0.39, 0.29) is 12.0 Å². The van der Waals surface area contributed by atoms with Crippen molar-refractivity contribution in [2.75, 3.05) is 13.2 Å². The van der Waals surface area contributed by atoms with Crippen molar-refractivity contribution in [3.05, 3.63) is 65.9 Å². The molecule has 26 heavy (non-hydrogen) atoms. The second-order valence-electron chi connectivity index (χ2n) is 6.71. The van der Waals surface area contributed by atoms with Gasteiger partial charge in [0, 0.05) is 31.7 Å². The molecule has 1 atom stereocenters. The second kappa shape index (κ2) is 7.25. The van der Waals surface area contributed by atoms with Crippen LogP contribution in [0.3, 0.4) is 0 Å². The average Bonchev–Trinajstić information content (AvgIpc) is 3.29. The number of aryl methyl sites for hydroxylation is 1. The molecular formula is C20H22N4O2. The van der Waals surface area contributed by atoms with Gasteiger partial charge in [0.15, 0.2) is 0 Å². The van der Waals surface area contributed by atoms with Crippen molar-refractivity contribution >= 4 is 11.6 Å². The second-order valence-corrected chi connectivity index (χ2v) is 6.71. The highest BCUT2D eigenvalue weighted by Gasteiger charge is 2.24. The predicted molar refractivity (Wildman–Crippen MR) is 97.9 cm³/mol. The van der Waals surface area contributed by atoms with Crippen LogP contribution in [0.25, 0.3) is 5.65 Å². The van der Waals surface area contributed by atoms with Crippen molar-refractivity contribution in [2.45, 2.75) is 32.4 Å². The molecule has 6 nitrogen and oxygen atoms in total. The first-order valence-corrected chi connectivity index (χ1v) is 8.95. The molecule has 4 rings (SSSR count). The lowest BCUT2D eigenvalue weighted by molar-refractivity contribution is 0.0504. The topological polar surface area (TPSA) is 59.7 Å². The molecule has 1 amide bonds. The first kappa shape index (κ1) is 16.7. The fourth-order valence-corrected chi connectivity index (χ4v) is 3.37. The van der Waals surface area contributed by atoms with E-state index in [1.807, 2.05) is 58.9 Å². The summed E-state index contributed by atoms with van der Waals surface area (Å²) in [5.74, 6) is -0.0144. The Balaban J connectivity index is 1.60. The van der Waals surface area contributed by atoms with E-state index in [4.69, 9.17) is 4.74 Å². The van der Waals surface area contributed by atoms with Crippen LogP contribution in [0.4, 0.5) is 0 Å². The molecular weight excluding hydrogens is 328 g/mol. The zero-order valence-electron chi connectivity index (χ0n) is 14.8. The van der Waals surface area contributed by atoms with Gasteiger partial charge in [-0.3, -0.25) is 9.78 Å². The van der Waals surface area contributed by atoms with Gasteiger partial charge in [0.1, 0.15) is 5.65 Å². The highest BCUT2D eigenvalue weighted by Crippen LogP contribution is 2.17. The zero-order valence-corrected chi connectivity index (χ0v) is 14.8. The molecule has 0 unspecified atom stereocenters. The Morgan fingerprint density at radius 1 is 1.31 bits per heavy atom. The van der Waals surface area contributed by atoms with Crippen LogP contribution < -0.4 is 0 Å². The molecule has 0 bridgehead atoms. The maximum atomic E-state index is 13.2. The molecule has 0 aromatic carbocycles. The molecule has 1 aliphatic rings. The first-order valence-electron chi connectivity index (χ1n) is 8.95. The molecule has 1 aliphatic heterocycles. The van der Waals surface area contributed by atoms with Gasteiger partial charge in [0.2, 0.25) is 0 Å². The van der Waals surface area contributed by atoms with Gasteiger partial charge in [-0.1, -0.05) is 6.07 Å². The lowest BCUT2D eigenvalue weighted by Crippen LogP contribution is -2.37. The van der Waals surface area contributed by atoms with Crippen molar-refractivity contribution in [2.24, 2.45) is 0 Å². The van der Waals surface area contributed by atoms with Gasteiger partial charge in [0.05, 0.1) is 29.6 Å². The third kappa shape index (κ3) is 3.60. The fourth-order valence-electron chi connectivity index (χ4n) is 3.37. The number of hydrogen-bond acceptors (Lipinski definition) is 4. The molecule has 1 saturated heterocycles. The average molecular weight is 350 g/mol. The summed E-state index contributed by atoms with van der Waals surface area (Å²) in [4.78, 5) is 23.8. The Kier molecular flexibility index (Phi) is 4.67. The Hall–Kier alpha value is -2.73. The van der Waals surface area contributed by atoms with E-state index in [0.29, 0.717) is 18.7 Å². The Morgan fingerprint density at radius 3 is 3.00 bits per heavy atom. The summed E-state index contributed by atoms with van der Waals surface area (Å²) in [7, 11) is 0. The summed E-state index contributed by atoms with van der Waals surface area (Å²) >= 11 is 0. The maximum Gasteiger partial charge on any atom is 0.255 e. The first-order chi connectivity index (χ1) is 12.7. The summed E-state index contributed by atoms with van der Waals surface area (Å²) in [5, 5.41) is 0. The molecule has 1 fully saturated rings. The molecule has 3 aromatic heterocycles. The number of hydrogen-bond donors (Lipinski definition) is 0. The molecule has 3 aromatic rings. The van der Waals surface area contributed by atoms with Crippen molar-refractivity contribution in [3.63, 3.8) is 0 Å². The fraction of sp³-hybridized carbons (Fsp3) is 0.350. The smallest absolute Gasteiger partial charge is 0.255 e. The van der Waals surface area contributed by atoms with Crippen LogP contribution in [0.1, 0.15) is 34.6 Å². The summed E-state index contributed by atoms with van der Waals surface area (Å²) in [6, 6.07) is 9.48. The third-order valence-electron chi connectivity index (χ3n) is 4.63. The van der Waals surface area contributed by atoms with Crippen LogP contribution in [-0.2, 0) is 11.3 Å². The van der Waals surface area contributed by atoms with Gasteiger partial charge in [-0.05, 0) is 44.0 Å². The van der Waals surface area contributed by atoms with Crippen LogP contribution in [0.15, 0.2) is 48.9 Å². The Morgan fingerprint density at radius 2 is 2.23 bits per heavy atom. The zero-order chi connectivity index (χ0) is 17.9. The van der Waals surface area contributed by atoms with Crippen molar-refractivity contribution < 1.29 is 9.53 Å². The van der Waals surface area contributed by atoms with Crippen LogP contribution in [0.2, 0.25) is 0 Å². The number of nitrogens with zero attached hydrogens (tertiary/aromatic N) is 4. The normalized spacial score (nSPS) is 16.9. The Labute approximate surface area is 152 Å². The molecule has 0 spiro atoms. The summed E-state index contributed by atoms with van der Waals surface area (Å²) < 4.78 is 7.65. The van der Waals surface area contributed by atoms with Crippen molar-refractivity contribution in [1.29, 1.82) is 0 Å². The number of rotatable bonds is 5. The highest BCUT2D eigenvalue weighted by atomic mass is 16.5.